The zero-order chi connectivity index (χ0) is 19.1. The van der Waals surface area contributed by atoms with Crippen molar-refractivity contribution in [1.29, 1.82) is 0 Å². The summed E-state index contributed by atoms with van der Waals surface area (Å²) in [4.78, 5) is 11.4. The van der Waals surface area contributed by atoms with Crippen LogP contribution in [0.5, 0.6) is 11.5 Å². The second-order valence-corrected chi connectivity index (χ2v) is 6.35. The molecule has 0 radical (unpaired) electrons. The minimum Gasteiger partial charge on any atom is -0.489 e. The van der Waals surface area contributed by atoms with Crippen LogP contribution in [-0.2, 0) is 18.0 Å². The molecule has 4 nitrogen and oxygen atoms in total. The highest BCUT2D eigenvalue weighted by Crippen LogP contribution is 2.29. The quantitative estimate of drug-likeness (QED) is 0.610. The molecule has 0 spiro atoms. The van der Waals surface area contributed by atoms with Crippen LogP contribution in [0.4, 0.5) is 0 Å². The summed E-state index contributed by atoms with van der Waals surface area (Å²) in [5.41, 5.74) is 2.73. The first kappa shape index (κ1) is 18.5. The smallest absolute Gasteiger partial charge is 0.310 e. The maximum absolute atomic E-state index is 11.4. The lowest BCUT2D eigenvalue weighted by atomic mass is 10.0. The second-order valence-electron chi connectivity index (χ2n) is 6.35. The Balaban J connectivity index is 1.78. The van der Waals surface area contributed by atoms with E-state index in [-0.39, 0.29) is 0 Å². The largest absolute Gasteiger partial charge is 0.489 e. The van der Waals surface area contributed by atoms with Crippen molar-refractivity contribution in [3.63, 3.8) is 0 Å². The molecule has 0 aromatic heterocycles. The molecule has 0 saturated heterocycles. The molecule has 0 amide bonds. The molecule has 1 atom stereocenters. The Labute approximate surface area is 159 Å². The van der Waals surface area contributed by atoms with Crippen LogP contribution >= 0.6 is 0 Å². The van der Waals surface area contributed by atoms with Crippen molar-refractivity contribution in [2.75, 3.05) is 0 Å². The fourth-order valence-electron chi connectivity index (χ4n) is 2.63. The van der Waals surface area contributed by atoms with Gasteiger partial charge in [0.2, 0.25) is 0 Å². The van der Waals surface area contributed by atoms with E-state index in [9.17, 15) is 9.90 Å². The Bertz CT molecular complexity index is 814. The molecule has 0 heterocycles. The summed E-state index contributed by atoms with van der Waals surface area (Å²) in [7, 11) is 0. The van der Waals surface area contributed by atoms with Crippen molar-refractivity contribution in [2.24, 2.45) is 0 Å². The van der Waals surface area contributed by atoms with E-state index >= 15 is 0 Å². The molecular weight excluding hydrogens is 340 g/mol. The lowest BCUT2D eigenvalue weighted by Crippen LogP contribution is -2.08. The van der Waals surface area contributed by atoms with Gasteiger partial charge in [0.15, 0.2) is 0 Å². The maximum Gasteiger partial charge on any atom is 0.310 e. The van der Waals surface area contributed by atoms with Gasteiger partial charge >= 0.3 is 5.97 Å². The number of hydrogen-bond acceptors (Lipinski definition) is 3. The van der Waals surface area contributed by atoms with E-state index in [0.717, 1.165) is 11.1 Å². The monoisotopic (exact) mass is 362 g/mol. The summed E-state index contributed by atoms with van der Waals surface area (Å²) in [5.74, 6) is -0.353. The molecule has 138 valence electrons. The van der Waals surface area contributed by atoms with Gasteiger partial charge in [0, 0.05) is 6.07 Å². The maximum atomic E-state index is 11.4. The molecule has 3 rings (SSSR count). The average Bonchev–Trinajstić information content (AvgIpc) is 2.71. The van der Waals surface area contributed by atoms with Gasteiger partial charge in [-0.15, -0.1) is 0 Å². The molecule has 0 aliphatic heterocycles. The minimum absolute atomic E-state index is 0.407. The second kappa shape index (κ2) is 8.90. The topological polar surface area (TPSA) is 55.8 Å². The van der Waals surface area contributed by atoms with E-state index in [1.165, 1.54) is 0 Å². The molecule has 0 aliphatic rings. The number of aliphatic carboxylic acids is 1. The predicted molar refractivity (Wildman–Crippen MR) is 104 cm³/mol. The molecule has 1 unspecified atom stereocenters. The fourth-order valence-corrected chi connectivity index (χ4v) is 2.63. The van der Waals surface area contributed by atoms with Crippen LogP contribution in [0.25, 0.3) is 0 Å². The summed E-state index contributed by atoms with van der Waals surface area (Å²) in [6, 6.07) is 25.0. The van der Waals surface area contributed by atoms with Crippen molar-refractivity contribution in [3.8, 4) is 11.5 Å². The number of benzene rings is 3. The Hall–Kier alpha value is -3.27. The summed E-state index contributed by atoms with van der Waals surface area (Å²) in [5, 5.41) is 9.35. The van der Waals surface area contributed by atoms with Crippen LogP contribution in [0.1, 0.15) is 29.5 Å². The van der Waals surface area contributed by atoms with Crippen molar-refractivity contribution in [2.45, 2.75) is 26.1 Å². The molecule has 1 N–H and O–H groups in total. The van der Waals surface area contributed by atoms with E-state index in [2.05, 4.69) is 0 Å². The molecule has 0 aliphatic carbocycles. The van der Waals surface area contributed by atoms with Gasteiger partial charge in [-0.25, -0.2) is 0 Å². The van der Waals surface area contributed by atoms with E-state index in [1.807, 2.05) is 60.7 Å². The predicted octanol–water partition coefficient (Wildman–Crippen LogP) is 5.03. The third-order valence-corrected chi connectivity index (χ3v) is 4.27. The van der Waals surface area contributed by atoms with Gasteiger partial charge in [0.05, 0.1) is 5.92 Å². The molecule has 4 heteroatoms. The zero-order valence-corrected chi connectivity index (χ0v) is 15.2. The summed E-state index contributed by atoms with van der Waals surface area (Å²) in [6.07, 6.45) is 0. The number of carboxylic acids is 1. The van der Waals surface area contributed by atoms with Crippen LogP contribution < -0.4 is 9.47 Å². The van der Waals surface area contributed by atoms with Crippen molar-refractivity contribution >= 4 is 5.97 Å². The number of ether oxygens (including phenoxy) is 2. The van der Waals surface area contributed by atoms with E-state index in [4.69, 9.17) is 9.47 Å². The number of rotatable bonds is 8. The van der Waals surface area contributed by atoms with Gasteiger partial charge in [-0.05, 0) is 35.7 Å². The first-order valence-electron chi connectivity index (χ1n) is 8.83. The Morgan fingerprint density at radius 2 is 1.26 bits per heavy atom. The van der Waals surface area contributed by atoms with Crippen LogP contribution in [0.15, 0.2) is 78.9 Å². The molecule has 0 saturated carbocycles. The first-order chi connectivity index (χ1) is 13.1. The Morgan fingerprint density at radius 1 is 0.815 bits per heavy atom. The summed E-state index contributed by atoms with van der Waals surface area (Å²) in [6.45, 7) is 2.47. The average molecular weight is 362 g/mol. The highest BCUT2D eigenvalue weighted by atomic mass is 16.5. The lowest BCUT2D eigenvalue weighted by Gasteiger charge is -2.14. The molecule has 0 bridgehead atoms. The van der Waals surface area contributed by atoms with Crippen LogP contribution in [-0.4, -0.2) is 11.1 Å². The van der Waals surface area contributed by atoms with Gasteiger partial charge < -0.3 is 14.6 Å². The Morgan fingerprint density at radius 3 is 1.67 bits per heavy atom. The molecule has 0 fully saturated rings. The zero-order valence-electron chi connectivity index (χ0n) is 15.2. The number of hydrogen-bond donors (Lipinski definition) is 1. The summed E-state index contributed by atoms with van der Waals surface area (Å²) >= 11 is 0. The third-order valence-electron chi connectivity index (χ3n) is 4.27. The first-order valence-corrected chi connectivity index (χ1v) is 8.83. The van der Waals surface area contributed by atoms with E-state index < -0.39 is 11.9 Å². The van der Waals surface area contributed by atoms with Crippen LogP contribution in [0.2, 0.25) is 0 Å². The normalized spacial score (nSPS) is 11.6. The van der Waals surface area contributed by atoms with Gasteiger partial charge in [-0.1, -0.05) is 60.7 Å². The summed E-state index contributed by atoms with van der Waals surface area (Å²) < 4.78 is 11.8. The number of carboxylic acid groups (broad SMARTS) is 1. The lowest BCUT2D eigenvalue weighted by molar-refractivity contribution is -0.138. The highest BCUT2D eigenvalue weighted by molar-refractivity contribution is 5.76. The number of carbonyl (C=O) groups is 1. The third kappa shape index (κ3) is 5.35. The van der Waals surface area contributed by atoms with Gasteiger partial charge in [0.25, 0.3) is 0 Å². The molecular formula is C23H22O4. The highest BCUT2D eigenvalue weighted by Gasteiger charge is 2.16. The Kier molecular flexibility index (Phi) is 6.10. The molecule has 3 aromatic carbocycles. The van der Waals surface area contributed by atoms with Crippen LogP contribution in [0.3, 0.4) is 0 Å². The molecule has 3 aromatic rings. The SMILES string of the molecule is CC(C(=O)O)c1cc(OCc2ccccc2)cc(OCc2ccccc2)c1. The fraction of sp³-hybridized carbons (Fsp3) is 0.174. The van der Waals surface area contributed by atoms with Crippen molar-refractivity contribution in [1.82, 2.24) is 0 Å². The van der Waals surface area contributed by atoms with Gasteiger partial charge in [-0.3, -0.25) is 4.79 Å². The standard InChI is InChI=1S/C23H22O4/c1-17(23(24)25)20-12-21(26-15-18-8-4-2-5-9-18)14-22(13-20)27-16-19-10-6-3-7-11-19/h2-14,17H,15-16H2,1H3,(H,24,25). The van der Waals surface area contributed by atoms with Crippen molar-refractivity contribution < 1.29 is 19.4 Å². The van der Waals surface area contributed by atoms with Gasteiger partial charge in [0.1, 0.15) is 24.7 Å². The van der Waals surface area contributed by atoms with E-state index in [1.54, 1.807) is 25.1 Å². The molecule has 27 heavy (non-hydrogen) atoms. The minimum atomic E-state index is -0.885. The van der Waals surface area contributed by atoms with E-state index in [0.29, 0.717) is 30.3 Å². The van der Waals surface area contributed by atoms with Crippen molar-refractivity contribution in [3.05, 3.63) is 95.6 Å². The van der Waals surface area contributed by atoms with Gasteiger partial charge in [-0.2, -0.15) is 0 Å². The van der Waals surface area contributed by atoms with Crippen LogP contribution in [0, 0.1) is 0 Å².